The summed E-state index contributed by atoms with van der Waals surface area (Å²) in [6.07, 6.45) is -1.18. The minimum atomic E-state index is -1.18. The van der Waals surface area contributed by atoms with Crippen molar-refractivity contribution in [2.75, 3.05) is 6.61 Å². The molecule has 2 rings (SSSR count). The lowest BCUT2D eigenvalue weighted by molar-refractivity contribution is 0.0439. The number of fused-ring (bicyclic) bond motifs is 1. The largest absolute Gasteiger partial charge is 0.393 e. The third kappa shape index (κ3) is 1.42. The zero-order chi connectivity index (χ0) is 11.0. The molecule has 1 unspecified atom stereocenters. The molecule has 1 aromatic rings. The number of aliphatic hydroxyl groups is 2. The topological polar surface area (TPSA) is 83.8 Å². The molecular formula is C10H8O5. The quantitative estimate of drug-likeness (QED) is 0.529. The van der Waals surface area contributed by atoms with Crippen molar-refractivity contribution >= 4 is 11.9 Å². The van der Waals surface area contributed by atoms with E-state index in [1.807, 2.05) is 0 Å². The van der Waals surface area contributed by atoms with E-state index in [0.29, 0.717) is 0 Å². The maximum absolute atomic E-state index is 11.3. The lowest BCUT2D eigenvalue weighted by Crippen LogP contribution is -2.08. The second kappa shape index (κ2) is 3.45. The molecule has 1 atom stereocenters. The minimum Gasteiger partial charge on any atom is -0.393 e. The molecule has 0 amide bonds. The number of carbonyl (C=O) groups excluding carboxylic acids is 2. The van der Waals surface area contributed by atoms with Gasteiger partial charge in [-0.1, -0.05) is 12.1 Å². The van der Waals surface area contributed by atoms with E-state index in [-0.39, 0.29) is 16.7 Å². The van der Waals surface area contributed by atoms with Crippen LogP contribution in [0.2, 0.25) is 0 Å². The van der Waals surface area contributed by atoms with Crippen molar-refractivity contribution in [2.45, 2.75) is 6.10 Å². The number of ether oxygens (including phenoxy) is 1. The number of rotatable bonds is 2. The lowest BCUT2D eigenvalue weighted by atomic mass is 9.99. The first-order valence-corrected chi connectivity index (χ1v) is 4.33. The normalized spacial score (nSPS) is 16.1. The van der Waals surface area contributed by atoms with E-state index in [0.717, 1.165) is 0 Å². The van der Waals surface area contributed by atoms with E-state index >= 15 is 0 Å². The van der Waals surface area contributed by atoms with E-state index in [9.17, 15) is 14.7 Å². The summed E-state index contributed by atoms with van der Waals surface area (Å²) in [6, 6.07) is 4.43. The van der Waals surface area contributed by atoms with Gasteiger partial charge in [0, 0.05) is 0 Å². The number of aliphatic hydroxyl groups excluding tert-OH is 2. The van der Waals surface area contributed by atoms with Gasteiger partial charge in [0.2, 0.25) is 0 Å². The molecule has 0 aromatic heterocycles. The minimum absolute atomic E-state index is 0.0454. The molecule has 5 nitrogen and oxygen atoms in total. The van der Waals surface area contributed by atoms with Crippen LogP contribution < -0.4 is 0 Å². The highest BCUT2D eigenvalue weighted by Crippen LogP contribution is 2.27. The molecule has 0 radical (unpaired) electrons. The van der Waals surface area contributed by atoms with E-state index in [1.165, 1.54) is 18.2 Å². The van der Waals surface area contributed by atoms with Crippen molar-refractivity contribution in [1.82, 2.24) is 0 Å². The highest BCUT2D eigenvalue weighted by atomic mass is 16.6. The smallest absolute Gasteiger partial charge is 0.347 e. The first-order chi connectivity index (χ1) is 7.15. The van der Waals surface area contributed by atoms with Crippen molar-refractivity contribution < 1.29 is 24.5 Å². The average molecular weight is 208 g/mol. The number of hydrogen-bond acceptors (Lipinski definition) is 5. The summed E-state index contributed by atoms with van der Waals surface area (Å²) in [5, 5.41) is 18.2. The maximum Gasteiger partial charge on any atom is 0.347 e. The Morgan fingerprint density at radius 2 is 2.00 bits per heavy atom. The number of esters is 2. The molecule has 15 heavy (non-hydrogen) atoms. The van der Waals surface area contributed by atoms with Crippen LogP contribution in [0.1, 0.15) is 32.4 Å². The molecule has 0 saturated carbocycles. The zero-order valence-corrected chi connectivity index (χ0v) is 7.64. The first kappa shape index (κ1) is 9.82. The van der Waals surface area contributed by atoms with Crippen molar-refractivity contribution in [1.29, 1.82) is 0 Å². The summed E-state index contributed by atoms with van der Waals surface area (Å²) in [4.78, 5) is 22.4. The molecule has 1 heterocycles. The molecule has 5 heteroatoms. The highest BCUT2D eigenvalue weighted by Gasteiger charge is 2.33. The van der Waals surface area contributed by atoms with Gasteiger partial charge in [0.25, 0.3) is 0 Å². The van der Waals surface area contributed by atoms with Crippen LogP contribution in [0, 0.1) is 0 Å². The molecule has 0 bridgehead atoms. The fourth-order valence-corrected chi connectivity index (χ4v) is 1.53. The van der Waals surface area contributed by atoms with Crippen molar-refractivity contribution in [3.63, 3.8) is 0 Å². The fraction of sp³-hybridized carbons (Fsp3) is 0.200. The Hall–Kier alpha value is -1.72. The maximum atomic E-state index is 11.3. The Morgan fingerprint density at radius 1 is 1.27 bits per heavy atom. The summed E-state index contributed by atoms with van der Waals surface area (Å²) < 4.78 is 4.40. The molecule has 2 N–H and O–H groups in total. The van der Waals surface area contributed by atoms with Gasteiger partial charge in [-0.15, -0.1) is 0 Å². The van der Waals surface area contributed by atoms with E-state index in [2.05, 4.69) is 4.74 Å². The molecule has 0 fully saturated rings. The zero-order valence-electron chi connectivity index (χ0n) is 7.64. The standard InChI is InChI=1S/C10H8O5/c11-4-7(12)5-2-1-3-6-8(5)10(14)15-9(6)13/h1-3,7,11-12H,4H2. The summed E-state index contributed by atoms with van der Waals surface area (Å²) in [6.45, 7) is -0.516. The molecule has 1 aromatic carbocycles. The second-order valence-corrected chi connectivity index (χ2v) is 3.15. The summed E-state index contributed by atoms with van der Waals surface area (Å²) >= 11 is 0. The SMILES string of the molecule is O=C1OC(=O)c2c1cccc2C(O)CO. The molecule has 78 valence electrons. The monoisotopic (exact) mass is 208 g/mol. The summed E-state index contributed by atoms with van der Waals surface area (Å²) in [7, 11) is 0. The molecular weight excluding hydrogens is 200 g/mol. The van der Waals surface area contributed by atoms with Crippen LogP contribution in [-0.4, -0.2) is 28.8 Å². The lowest BCUT2D eigenvalue weighted by Gasteiger charge is -2.09. The Balaban J connectivity index is 2.60. The predicted octanol–water partition coefficient (Wildman–Crippen LogP) is 0.0229. The van der Waals surface area contributed by atoms with Crippen molar-refractivity contribution in [3.8, 4) is 0 Å². The van der Waals surface area contributed by atoms with Gasteiger partial charge in [-0.25, -0.2) is 9.59 Å². The summed E-state index contributed by atoms with van der Waals surface area (Å²) in [5.74, 6) is -1.50. The van der Waals surface area contributed by atoms with Gasteiger partial charge in [-0.3, -0.25) is 0 Å². The van der Waals surface area contributed by atoms with Crippen LogP contribution in [0.15, 0.2) is 18.2 Å². The van der Waals surface area contributed by atoms with Gasteiger partial charge < -0.3 is 14.9 Å². The molecule has 0 saturated heterocycles. The van der Waals surface area contributed by atoms with Gasteiger partial charge in [0.15, 0.2) is 0 Å². The van der Waals surface area contributed by atoms with Crippen LogP contribution in [0.5, 0.6) is 0 Å². The van der Waals surface area contributed by atoms with Gasteiger partial charge in [-0.05, 0) is 11.6 Å². The average Bonchev–Trinajstić information content (AvgIpc) is 2.54. The van der Waals surface area contributed by atoms with Gasteiger partial charge in [-0.2, -0.15) is 0 Å². The van der Waals surface area contributed by atoms with Crippen LogP contribution in [0.25, 0.3) is 0 Å². The highest BCUT2D eigenvalue weighted by molar-refractivity contribution is 6.15. The molecule has 1 aliphatic heterocycles. The van der Waals surface area contributed by atoms with Crippen LogP contribution in [0.4, 0.5) is 0 Å². The van der Waals surface area contributed by atoms with Gasteiger partial charge in [0.05, 0.1) is 17.7 Å². The number of benzene rings is 1. The van der Waals surface area contributed by atoms with Crippen LogP contribution in [0.3, 0.4) is 0 Å². The van der Waals surface area contributed by atoms with E-state index in [1.54, 1.807) is 0 Å². The Bertz CT molecular complexity index is 437. The first-order valence-electron chi connectivity index (χ1n) is 4.33. The number of hydrogen-bond donors (Lipinski definition) is 2. The Kier molecular flexibility index (Phi) is 2.26. The van der Waals surface area contributed by atoms with E-state index in [4.69, 9.17) is 5.11 Å². The van der Waals surface area contributed by atoms with E-state index < -0.39 is 24.6 Å². The van der Waals surface area contributed by atoms with Crippen molar-refractivity contribution in [2.24, 2.45) is 0 Å². The van der Waals surface area contributed by atoms with Gasteiger partial charge in [0.1, 0.15) is 6.10 Å². The predicted molar refractivity (Wildman–Crippen MR) is 48.2 cm³/mol. The molecule has 0 aliphatic carbocycles. The number of cyclic esters (lactones) is 2. The van der Waals surface area contributed by atoms with Crippen molar-refractivity contribution in [3.05, 3.63) is 34.9 Å². The molecule has 0 spiro atoms. The van der Waals surface area contributed by atoms with Crippen LogP contribution in [-0.2, 0) is 4.74 Å². The fourth-order valence-electron chi connectivity index (χ4n) is 1.53. The summed E-state index contributed by atoms with van der Waals surface area (Å²) in [5.41, 5.74) is 0.389. The Labute approximate surface area is 84.9 Å². The molecule has 1 aliphatic rings. The van der Waals surface area contributed by atoms with Crippen LogP contribution >= 0.6 is 0 Å². The van der Waals surface area contributed by atoms with Gasteiger partial charge >= 0.3 is 11.9 Å². The third-order valence-electron chi connectivity index (χ3n) is 2.24. The number of carbonyl (C=O) groups is 2. The second-order valence-electron chi connectivity index (χ2n) is 3.15. The Morgan fingerprint density at radius 3 is 2.67 bits per heavy atom. The third-order valence-corrected chi connectivity index (χ3v) is 2.24.